The topological polar surface area (TPSA) is 35.1 Å². The molecular formula is C19H27N2O2+. The fraction of sp³-hybridized carbons (Fsp3) is 0.474. The van der Waals surface area contributed by atoms with Crippen molar-refractivity contribution in [3.63, 3.8) is 0 Å². The number of ether oxygens (including phenoxy) is 1. The van der Waals surface area contributed by atoms with Crippen LogP contribution in [0, 0.1) is 27.7 Å². The zero-order valence-corrected chi connectivity index (χ0v) is 15.0. The van der Waals surface area contributed by atoms with Crippen LogP contribution >= 0.6 is 0 Å². The lowest BCUT2D eigenvalue weighted by Gasteiger charge is -2.17. The molecule has 0 aromatic carbocycles. The second-order valence-electron chi connectivity index (χ2n) is 6.29. The number of aromatic nitrogens is 2. The highest BCUT2D eigenvalue weighted by atomic mass is 16.5. The number of nitrogens with zero attached hydrogens (tertiary/aromatic N) is 2. The van der Waals surface area contributed by atoms with Crippen molar-refractivity contribution >= 4 is 5.78 Å². The van der Waals surface area contributed by atoms with Gasteiger partial charge in [0, 0.05) is 42.6 Å². The first-order chi connectivity index (χ1) is 10.9. The summed E-state index contributed by atoms with van der Waals surface area (Å²) in [5, 5.41) is 0. The fourth-order valence-corrected chi connectivity index (χ4v) is 3.21. The Balaban J connectivity index is 2.30. The minimum absolute atomic E-state index is 0.146. The van der Waals surface area contributed by atoms with Crippen molar-refractivity contribution < 1.29 is 14.1 Å². The molecule has 0 radical (unpaired) electrons. The molecule has 0 fully saturated rings. The number of ketones is 1. The van der Waals surface area contributed by atoms with Crippen molar-refractivity contribution in [3.8, 4) is 0 Å². The van der Waals surface area contributed by atoms with Crippen LogP contribution in [0.2, 0.25) is 0 Å². The van der Waals surface area contributed by atoms with Gasteiger partial charge in [-0.15, -0.1) is 0 Å². The summed E-state index contributed by atoms with van der Waals surface area (Å²) in [6.07, 6.45) is 1.97. The summed E-state index contributed by atoms with van der Waals surface area (Å²) in [4.78, 5) is 12.8. The average molecular weight is 315 g/mol. The number of Topliss-reactive ketones (excluding diaryl/α,β-unsaturated/α-hetero) is 1. The Morgan fingerprint density at radius 1 is 1.30 bits per heavy atom. The number of methoxy groups -OCH3 is 1. The summed E-state index contributed by atoms with van der Waals surface area (Å²) in [5.74, 6) is 0.146. The molecule has 4 heteroatoms. The Labute approximate surface area is 138 Å². The van der Waals surface area contributed by atoms with E-state index in [2.05, 4.69) is 24.5 Å². The maximum atomic E-state index is 12.8. The predicted molar refractivity (Wildman–Crippen MR) is 90.9 cm³/mol. The van der Waals surface area contributed by atoms with Gasteiger partial charge in [0.1, 0.15) is 0 Å². The first-order valence-corrected chi connectivity index (χ1v) is 8.03. The highest BCUT2D eigenvalue weighted by molar-refractivity contribution is 5.96. The smallest absolute Gasteiger partial charge is 0.229 e. The van der Waals surface area contributed by atoms with E-state index in [9.17, 15) is 4.79 Å². The minimum atomic E-state index is 0.146. The van der Waals surface area contributed by atoms with Crippen molar-refractivity contribution in [2.24, 2.45) is 0 Å². The molecular weight excluding hydrogens is 288 g/mol. The Hall–Kier alpha value is -1.94. The minimum Gasteiger partial charge on any atom is -0.383 e. The number of hydrogen-bond acceptors (Lipinski definition) is 2. The quantitative estimate of drug-likeness (QED) is 0.606. The van der Waals surface area contributed by atoms with Crippen LogP contribution in [0.5, 0.6) is 0 Å². The van der Waals surface area contributed by atoms with Crippen molar-refractivity contribution in [2.75, 3.05) is 13.7 Å². The zero-order chi connectivity index (χ0) is 17.1. The van der Waals surface area contributed by atoms with E-state index in [1.807, 2.05) is 43.7 Å². The summed E-state index contributed by atoms with van der Waals surface area (Å²) < 4.78 is 9.45. The molecule has 0 bridgehead atoms. The first-order valence-electron chi connectivity index (χ1n) is 8.03. The van der Waals surface area contributed by atoms with E-state index >= 15 is 0 Å². The van der Waals surface area contributed by atoms with Crippen molar-refractivity contribution in [3.05, 3.63) is 52.6 Å². The molecule has 0 unspecified atom stereocenters. The maximum absolute atomic E-state index is 12.8. The van der Waals surface area contributed by atoms with E-state index in [-0.39, 0.29) is 11.8 Å². The highest BCUT2D eigenvalue weighted by Crippen LogP contribution is 2.21. The van der Waals surface area contributed by atoms with E-state index in [1.165, 1.54) is 5.56 Å². The monoisotopic (exact) mass is 315 g/mol. The van der Waals surface area contributed by atoms with E-state index in [0.717, 1.165) is 22.6 Å². The van der Waals surface area contributed by atoms with Gasteiger partial charge in [0.25, 0.3) is 0 Å². The van der Waals surface area contributed by atoms with Gasteiger partial charge in [-0.05, 0) is 39.8 Å². The molecule has 0 saturated heterocycles. The van der Waals surface area contributed by atoms with Crippen molar-refractivity contribution in [2.45, 2.75) is 47.2 Å². The normalized spacial score (nSPS) is 12.4. The van der Waals surface area contributed by atoms with E-state index in [4.69, 9.17) is 4.74 Å². The lowest BCUT2D eigenvalue weighted by molar-refractivity contribution is -0.689. The Morgan fingerprint density at radius 2 is 2.00 bits per heavy atom. The van der Waals surface area contributed by atoms with Gasteiger partial charge in [-0.2, -0.15) is 4.57 Å². The first kappa shape index (κ1) is 17.4. The third-order valence-electron chi connectivity index (χ3n) is 4.56. The van der Waals surface area contributed by atoms with Crippen LogP contribution in [0.25, 0.3) is 0 Å². The van der Waals surface area contributed by atoms with E-state index in [1.54, 1.807) is 7.11 Å². The molecule has 2 aromatic rings. The van der Waals surface area contributed by atoms with E-state index in [0.29, 0.717) is 13.2 Å². The molecule has 124 valence electrons. The fourth-order valence-electron chi connectivity index (χ4n) is 3.21. The molecule has 0 N–H and O–H groups in total. The van der Waals surface area contributed by atoms with Gasteiger partial charge in [0.05, 0.1) is 12.6 Å². The van der Waals surface area contributed by atoms with Crippen LogP contribution in [-0.4, -0.2) is 24.1 Å². The van der Waals surface area contributed by atoms with Crippen LogP contribution in [0.4, 0.5) is 0 Å². The lowest BCUT2D eigenvalue weighted by Crippen LogP contribution is -2.41. The van der Waals surface area contributed by atoms with Gasteiger partial charge in [-0.3, -0.25) is 4.79 Å². The number of pyridine rings is 1. The molecule has 0 spiro atoms. The summed E-state index contributed by atoms with van der Waals surface area (Å²) >= 11 is 0. The average Bonchev–Trinajstić information content (AvgIpc) is 2.79. The van der Waals surface area contributed by atoms with Crippen molar-refractivity contribution in [1.82, 2.24) is 4.57 Å². The van der Waals surface area contributed by atoms with Crippen LogP contribution in [0.15, 0.2) is 24.4 Å². The lowest BCUT2D eigenvalue weighted by atomic mass is 10.1. The maximum Gasteiger partial charge on any atom is 0.229 e. The summed E-state index contributed by atoms with van der Waals surface area (Å²) in [7, 11) is 1.70. The molecule has 0 aliphatic heterocycles. The molecule has 1 atom stereocenters. The number of aryl methyl sites for hydroxylation is 2. The molecule has 0 amide bonds. The molecule has 4 nitrogen and oxygen atoms in total. The Morgan fingerprint density at radius 3 is 2.65 bits per heavy atom. The molecule has 0 aliphatic rings. The second kappa shape index (κ2) is 7.09. The summed E-state index contributed by atoms with van der Waals surface area (Å²) in [5.41, 5.74) is 5.24. The van der Waals surface area contributed by atoms with Gasteiger partial charge < -0.3 is 9.30 Å². The Kier molecular flexibility index (Phi) is 5.37. The number of carbonyl (C=O) groups excluding carboxylic acids is 1. The molecule has 2 rings (SSSR count). The standard InChI is InChI=1S/C19H27N2O2/c1-13-8-7-9-20(16(13)4)11-19(22)18-10-14(2)21(17(18)5)15(3)12-23-6/h7-10,15H,11-12H2,1-6H3/q+1/t15-/m0/s1. The number of carbonyl (C=O) groups is 1. The molecule has 0 aliphatic carbocycles. The van der Waals surface area contributed by atoms with Gasteiger partial charge in [-0.25, -0.2) is 0 Å². The van der Waals surface area contributed by atoms with Crippen molar-refractivity contribution in [1.29, 1.82) is 0 Å². The SMILES string of the molecule is COC[C@H](C)n1c(C)cc(C(=O)C[n+]2cccc(C)c2C)c1C. The second-order valence-corrected chi connectivity index (χ2v) is 6.29. The number of hydrogen-bond donors (Lipinski definition) is 0. The third-order valence-corrected chi connectivity index (χ3v) is 4.56. The third kappa shape index (κ3) is 3.53. The van der Waals surface area contributed by atoms with Crippen LogP contribution in [0.1, 0.15) is 46.0 Å². The summed E-state index contributed by atoms with van der Waals surface area (Å²) in [6, 6.07) is 6.26. The highest BCUT2D eigenvalue weighted by Gasteiger charge is 2.22. The van der Waals surface area contributed by atoms with Crippen LogP contribution in [0.3, 0.4) is 0 Å². The van der Waals surface area contributed by atoms with Gasteiger partial charge in [-0.1, -0.05) is 0 Å². The predicted octanol–water partition coefficient (Wildman–Crippen LogP) is 3.10. The molecule has 2 aromatic heterocycles. The molecule has 23 heavy (non-hydrogen) atoms. The van der Waals surface area contributed by atoms with Gasteiger partial charge in [0.15, 0.2) is 11.9 Å². The summed E-state index contributed by atoms with van der Waals surface area (Å²) in [6.45, 7) is 11.3. The van der Waals surface area contributed by atoms with Crippen LogP contribution in [-0.2, 0) is 11.3 Å². The van der Waals surface area contributed by atoms with Gasteiger partial charge in [0.2, 0.25) is 12.3 Å². The molecule has 2 heterocycles. The van der Waals surface area contributed by atoms with Gasteiger partial charge >= 0.3 is 0 Å². The number of rotatable bonds is 6. The van der Waals surface area contributed by atoms with Crippen LogP contribution < -0.4 is 4.57 Å². The Bertz CT molecular complexity index is 716. The largest absolute Gasteiger partial charge is 0.383 e. The molecule has 0 saturated carbocycles. The zero-order valence-electron chi connectivity index (χ0n) is 15.0. The van der Waals surface area contributed by atoms with E-state index < -0.39 is 0 Å².